The number of benzene rings is 1. The van der Waals surface area contributed by atoms with Crippen molar-refractivity contribution < 1.29 is 21.6 Å². The fourth-order valence-corrected chi connectivity index (χ4v) is 3.72. The average molecular weight is 419 g/mol. The quantitative estimate of drug-likeness (QED) is 0.690. The van der Waals surface area contributed by atoms with E-state index in [1.54, 1.807) is 12.1 Å². The maximum atomic E-state index is 13.1. The first-order valence-electron chi connectivity index (χ1n) is 7.74. The molecule has 2 aromatic heterocycles. The lowest BCUT2D eigenvalue weighted by Crippen LogP contribution is -2.26. The van der Waals surface area contributed by atoms with Gasteiger partial charge in [0.2, 0.25) is 10.0 Å². The van der Waals surface area contributed by atoms with Gasteiger partial charge in [-0.05, 0) is 25.1 Å². The Kier molecular flexibility index (Phi) is 5.15. The molecule has 27 heavy (non-hydrogen) atoms. The van der Waals surface area contributed by atoms with Crippen LogP contribution in [0.1, 0.15) is 17.0 Å². The molecule has 0 atom stereocenters. The number of aromatic nitrogens is 3. The summed E-state index contributed by atoms with van der Waals surface area (Å²) in [5.74, 6) is 0.157. The number of nitrogens with one attached hydrogen (secondary N) is 1. The minimum absolute atomic E-state index is 0.0316. The third-order valence-electron chi connectivity index (χ3n) is 3.82. The number of nitrogens with zero attached hydrogens (tertiary/aromatic N) is 3. The summed E-state index contributed by atoms with van der Waals surface area (Å²) in [5.41, 5.74) is -0.474. The number of alkyl halides is 3. The van der Waals surface area contributed by atoms with Gasteiger partial charge >= 0.3 is 6.18 Å². The molecule has 0 aliphatic heterocycles. The first-order valence-corrected chi connectivity index (χ1v) is 9.61. The molecule has 1 N–H and O–H groups in total. The second-order valence-corrected chi connectivity index (χ2v) is 8.04. The summed E-state index contributed by atoms with van der Waals surface area (Å²) in [6.45, 7) is 1.77. The molecule has 6 nitrogen and oxygen atoms in total. The molecular weight excluding hydrogens is 405 g/mol. The van der Waals surface area contributed by atoms with E-state index in [4.69, 9.17) is 11.6 Å². The lowest BCUT2D eigenvalue weighted by Gasteiger charge is -2.09. The van der Waals surface area contributed by atoms with Gasteiger partial charge in [0.25, 0.3) is 0 Å². The van der Waals surface area contributed by atoms with Crippen LogP contribution in [0, 0.1) is 6.92 Å². The SMILES string of the molecule is Cc1ccc(S(=O)(=O)NCCc2nnc3c(C(F)(F)F)cc(Cl)cn23)cc1. The van der Waals surface area contributed by atoms with E-state index in [1.807, 2.05) is 6.92 Å². The molecule has 0 amide bonds. The Hall–Kier alpha value is -2.17. The largest absolute Gasteiger partial charge is 0.420 e. The van der Waals surface area contributed by atoms with E-state index in [2.05, 4.69) is 14.9 Å². The Morgan fingerprint density at radius 3 is 2.48 bits per heavy atom. The zero-order chi connectivity index (χ0) is 19.8. The molecule has 11 heteroatoms. The first-order chi connectivity index (χ1) is 12.6. The van der Waals surface area contributed by atoms with Gasteiger partial charge in [0.1, 0.15) is 11.4 Å². The lowest BCUT2D eigenvalue weighted by molar-refractivity contribution is -0.136. The predicted octanol–water partition coefficient (Wildman–Crippen LogP) is 3.23. The van der Waals surface area contributed by atoms with Crippen molar-refractivity contribution in [2.45, 2.75) is 24.4 Å². The van der Waals surface area contributed by atoms with Gasteiger partial charge in [-0.25, -0.2) is 13.1 Å². The highest BCUT2D eigenvalue weighted by Crippen LogP contribution is 2.33. The van der Waals surface area contributed by atoms with Crippen LogP contribution in [0.25, 0.3) is 5.65 Å². The van der Waals surface area contributed by atoms with E-state index in [0.29, 0.717) is 0 Å². The number of aryl methyl sites for hydroxylation is 1. The molecule has 1 aromatic carbocycles. The average Bonchev–Trinajstić information content (AvgIpc) is 2.96. The van der Waals surface area contributed by atoms with Crippen LogP contribution in [0.3, 0.4) is 0 Å². The van der Waals surface area contributed by atoms with Crippen LogP contribution in [0.15, 0.2) is 41.4 Å². The summed E-state index contributed by atoms with van der Waals surface area (Å²) in [4.78, 5) is 0.0987. The van der Waals surface area contributed by atoms with Crippen molar-refractivity contribution >= 4 is 27.3 Å². The van der Waals surface area contributed by atoms with Crippen molar-refractivity contribution in [1.29, 1.82) is 0 Å². The zero-order valence-corrected chi connectivity index (χ0v) is 15.5. The van der Waals surface area contributed by atoms with Crippen molar-refractivity contribution in [2.75, 3.05) is 6.54 Å². The fraction of sp³-hybridized carbons (Fsp3) is 0.250. The summed E-state index contributed by atoms with van der Waals surface area (Å²) >= 11 is 5.77. The number of hydrogen-bond acceptors (Lipinski definition) is 4. The van der Waals surface area contributed by atoms with E-state index in [1.165, 1.54) is 18.3 Å². The van der Waals surface area contributed by atoms with Crippen LogP contribution in [0.5, 0.6) is 0 Å². The highest BCUT2D eigenvalue weighted by Gasteiger charge is 2.35. The Morgan fingerprint density at radius 2 is 1.85 bits per heavy atom. The number of rotatable bonds is 5. The second-order valence-electron chi connectivity index (χ2n) is 5.84. The van der Waals surface area contributed by atoms with E-state index < -0.39 is 21.8 Å². The molecule has 2 heterocycles. The van der Waals surface area contributed by atoms with Gasteiger partial charge in [-0.1, -0.05) is 29.3 Å². The standard InChI is InChI=1S/C16H14ClF3N4O2S/c1-10-2-4-12(5-3-10)27(25,26)21-7-6-14-22-23-15-13(16(18,19)20)8-11(17)9-24(14)15/h2-5,8-9,21H,6-7H2,1H3. The monoisotopic (exact) mass is 418 g/mol. The Bertz CT molecular complexity index is 1080. The molecule has 0 saturated heterocycles. The van der Waals surface area contributed by atoms with Gasteiger partial charge in [-0.2, -0.15) is 13.2 Å². The van der Waals surface area contributed by atoms with E-state index in [0.717, 1.165) is 16.0 Å². The predicted molar refractivity (Wildman–Crippen MR) is 93.1 cm³/mol. The van der Waals surface area contributed by atoms with Crippen molar-refractivity contribution in [3.63, 3.8) is 0 Å². The van der Waals surface area contributed by atoms with Crippen molar-refractivity contribution in [3.8, 4) is 0 Å². The molecule has 0 aliphatic rings. The minimum Gasteiger partial charge on any atom is -0.284 e. The van der Waals surface area contributed by atoms with Crippen molar-refractivity contribution in [3.05, 3.63) is 58.5 Å². The summed E-state index contributed by atoms with van der Waals surface area (Å²) in [7, 11) is -3.74. The Balaban J connectivity index is 1.80. The van der Waals surface area contributed by atoms with Gasteiger partial charge in [-0.15, -0.1) is 10.2 Å². The molecule has 3 rings (SSSR count). The number of fused-ring (bicyclic) bond motifs is 1. The topological polar surface area (TPSA) is 76.4 Å². The van der Waals surface area contributed by atoms with Crippen LogP contribution in [0.4, 0.5) is 13.2 Å². The van der Waals surface area contributed by atoms with Gasteiger partial charge in [0.15, 0.2) is 5.65 Å². The van der Waals surface area contributed by atoms with Crippen LogP contribution >= 0.6 is 11.6 Å². The third-order valence-corrected chi connectivity index (χ3v) is 5.50. The van der Waals surface area contributed by atoms with Gasteiger partial charge in [-0.3, -0.25) is 4.40 Å². The van der Waals surface area contributed by atoms with E-state index in [9.17, 15) is 21.6 Å². The van der Waals surface area contributed by atoms with Crippen LogP contribution in [-0.2, 0) is 22.6 Å². The molecule has 3 aromatic rings. The number of hydrogen-bond donors (Lipinski definition) is 1. The van der Waals surface area contributed by atoms with Crippen LogP contribution < -0.4 is 4.72 Å². The maximum Gasteiger partial charge on any atom is 0.420 e. The van der Waals surface area contributed by atoms with Gasteiger partial charge < -0.3 is 0 Å². The minimum atomic E-state index is -4.64. The molecule has 144 valence electrons. The molecule has 0 saturated carbocycles. The molecule has 0 aliphatic carbocycles. The highest BCUT2D eigenvalue weighted by atomic mass is 35.5. The molecule has 0 radical (unpaired) electrons. The second kappa shape index (κ2) is 7.10. The maximum absolute atomic E-state index is 13.1. The summed E-state index contributed by atoms with van der Waals surface area (Å²) in [6.07, 6.45) is -3.34. The highest BCUT2D eigenvalue weighted by molar-refractivity contribution is 7.89. The molecule has 0 bridgehead atoms. The Labute approximate surface area is 158 Å². The number of sulfonamides is 1. The summed E-state index contributed by atoms with van der Waals surface area (Å²) < 4.78 is 67.3. The van der Waals surface area contributed by atoms with Crippen LogP contribution in [0.2, 0.25) is 5.02 Å². The Morgan fingerprint density at radius 1 is 1.19 bits per heavy atom. The molecule has 0 fully saturated rings. The van der Waals surface area contributed by atoms with Crippen molar-refractivity contribution in [2.24, 2.45) is 0 Å². The van der Waals surface area contributed by atoms with Crippen molar-refractivity contribution in [1.82, 2.24) is 19.3 Å². The van der Waals surface area contributed by atoms with E-state index >= 15 is 0 Å². The normalized spacial score (nSPS) is 12.6. The van der Waals surface area contributed by atoms with E-state index in [-0.39, 0.29) is 34.4 Å². The third kappa shape index (κ3) is 4.23. The summed E-state index contributed by atoms with van der Waals surface area (Å²) in [6, 6.07) is 7.05. The smallest absolute Gasteiger partial charge is 0.284 e. The fourth-order valence-electron chi connectivity index (χ4n) is 2.48. The molecule has 0 spiro atoms. The zero-order valence-electron chi connectivity index (χ0n) is 14.0. The first kappa shape index (κ1) is 19.6. The van der Waals surface area contributed by atoms with Gasteiger partial charge in [0, 0.05) is 19.2 Å². The summed E-state index contributed by atoms with van der Waals surface area (Å²) in [5, 5.41) is 7.17. The van der Waals surface area contributed by atoms with Crippen LogP contribution in [-0.4, -0.2) is 29.6 Å². The number of halogens is 4. The van der Waals surface area contributed by atoms with Gasteiger partial charge in [0.05, 0.1) is 9.92 Å². The number of pyridine rings is 1. The molecular formula is C16H14ClF3N4O2S. The molecule has 0 unspecified atom stereocenters. The lowest BCUT2D eigenvalue weighted by atomic mass is 10.2.